The fraction of sp³-hybridized carbons (Fsp3) is 0.750. The van der Waals surface area contributed by atoms with Crippen LogP contribution in [0.4, 0.5) is 13.2 Å². The second-order valence-corrected chi connectivity index (χ2v) is 3.82. The number of halogens is 3. The minimum Gasteiger partial charge on any atom is -0.455 e. The van der Waals surface area contributed by atoms with Gasteiger partial charge in [0.2, 0.25) is 0 Å². The second kappa shape index (κ2) is 2.86. The average molecular weight is 223 g/mol. The van der Waals surface area contributed by atoms with Crippen LogP contribution in [0.5, 0.6) is 0 Å². The van der Waals surface area contributed by atoms with Gasteiger partial charge in [-0.2, -0.15) is 13.2 Å². The van der Waals surface area contributed by atoms with Gasteiger partial charge >= 0.3 is 18.1 Å². The Kier molecular flexibility index (Phi) is 1.96. The summed E-state index contributed by atoms with van der Waals surface area (Å²) in [6.07, 6.45) is -4.23. The van der Waals surface area contributed by atoms with Gasteiger partial charge in [0.15, 0.2) is 0 Å². The summed E-state index contributed by atoms with van der Waals surface area (Å²) >= 11 is 0. The highest BCUT2D eigenvalue weighted by atomic mass is 19.4. The van der Waals surface area contributed by atoms with Crippen LogP contribution in [0.1, 0.15) is 12.8 Å². The fourth-order valence-electron chi connectivity index (χ4n) is 1.87. The maximum atomic E-state index is 12.0. The lowest BCUT2D eigenvalue weighted by molar-refractivity contribution is -0.205. The Morgan fingerprint density at radius 2 is 2.00 bits per heavy atom. The Morgan fingerprint density at radius 3 is 2.40 bits per heavy atom. The first-order chi connectivity index (χ1) is 6.82. The van der Waals surface area contributed by atoms with Crippen molar-refractivity contribution in [1.29, 1.82) is 0 Å². The van der Waals surface area contributed by atoms with Crippen molar-refractivity contribution in [3.63, 3.8) is 0 Å². The molecule has 0 N–H and O–H groups in total. The van der Waals surface area contributed by atoms with Gasteiger partial charge in [-0.15, -0.1) is 0 Å². The minimum absolute atomic E-state index is 0.142. The predicted molar refractivity (Wildman–Crippen MR) is 40.7 cm³/mol. The molecule has 0 unspecified atom stereocenters. The Hall–Kier alpha value is -1.27. The monoisotopic (exact) mass is 223 g/mol. The van der Waals surface area contributed by atoms with Crippen LogP contribution in [0, 0.1) is 0 Å². The molecular weight excluding hydrogens is 215 g/mol. The van der Waals surface area contributed by atoms with E-state index in [9.17, 15) is 22.8 Å². The zero-order chi connectivity index (χ0) is 11.3. The molecule has 7 heteroatoms. The molecule has 0 bridgehead atoms. The topological polar surface area (TPSA) is 46.6 Å². The van der Waals surface area contributed by atoms with Gasteiger partial charge in [-0.05, 0) is 0 Å². The molecule has 1 amide bonds. The van der Waals surface area contributed by atoms with Gasteiger partial charge in [-0.25, -0.2) is 0 Å². The van der Waals surface area contributed by atoms with Crippen LogP contribution in [-0.2, 0) is 14.3 Å². The molecule has 2 heterocycles. The van der Waals surface area contributed by atoms with Gasteiger partial charge in [-0.3, -0.25) is 9.59 Å². The highest BCUT2D eigenvalue weighted by Crippen LogP contribution is 2.37. The van der Waals surface area contributed by atoms with Crippen LogP contribution in [0.15, 0.2) is 0 Å². The molecular formula is C8H8F3NO3. The van der Waals surface area contributed by atoms with E-state index in [1.54, 1.807) is 0 Å². The van der Waals surface area contributed by atoms with Crippen LogP contribution in [-0.4, -0.2) is 41.6 Å². The standard InChI is InChI=1S/C8H8F3NO3/c9-8(10,11)6(14)12-3-7(4-12)2-1-5(13)15-7/h1-4H2. The molecule has 1 spiro atoms. The third kappa shape index (κ3) is 1.66. The number of carbonyl (C=O) groups excluding carboxylic acids is 2. The van der Waals surface area contributed by atoms with Crippen molar-refractivity contribution in [2.75, 3.05) is 13.1 Å². The highest BCUT2D eigenvalue weighted by Gasteiger charge is 2.56. The first-order valence-corrected chi connectivity index (χ1v) is 4.40. The van der Waals surface area contributed by atoms with Crippen molar-refractivity contribution in [3.8, 4) is 0 Å². The van der Waals surface area contributed by atoms with E-state index in [1.807, 2.05) is 0 Å². The number of ether oxygens (including phenoxy) is 1. The molecule has 0 aliphatic carbocycles. The van der Waals surface area contributed by atoms with Crippen LogP contribution in [0.3, 0.4) is 0 Å². The predicted octanol–water partition coefficient (Wildman–Crippen LogP) is 0.467. The normalized spacial score (nSPS) is 23.9. The SMILES string of the molecule is O=C1CCC2(CN(C(=O)C(F)(F)F)C2)O1. The molecule has 0 aromatic heterocycles. The van der Waals surface area contributed by atoms with Crippen molar-refractivity contribution in [2.24, 2.45) is 0 Å². The lowest BCUT2D eigenvalue weighted by Crippen LogP contribution is -2.65. The van der Waals surface area contributed by atoms with Gasteiger partial charge in [0.25, 0.3) is 0 Å². The van der Waals surface area contributed by atoms with E-state index in [0.29, 0.717) is 11.3 Å². The molecule has 0 aromatic rings. The summed E-state index contributed by atoms with van der Waals surface area (Å²) in [5.41, 5.74) is -0.835. The number of esters is 1. The van der Waals surface area contributed by atoms with Gasteiger partial charge in [0.1, 0.15) is 5.60 Å². The van der Waals surface area contributed by atoms with E-state index < -0.39 is 23.7 Å². The summed E-state index contributed by atoms with van der Waals surface area (Å²) in [6, 6.07) is 0. The van der Waals surface area contributed by atoms with Crippen molar-refractivity contribution in [3.05, 3.63) is 0 Å². The van der Waals surface area contributed by atoms with Crippen LogP contribution >= 0.6 is 0 Å². The summed E-state index contributed by atoms with van der Waals surface area (Å²) in [5, 5.41) is 0. The Balaban J connectivity index is 1.94. The molecule has 0 aromatic carbocycles. The van der Waals surface area contributed by atoms with Crippen molar-refractivity contribution < 1.29 is 27.5 Å². The van der Waals surface area contributed by atoms with E-state index in [0.717, 1.165) is 0 Å². The first-order valence-electron chi connectivity index (χ1n) is 4.40. The second-order valence-electron chi connectivity index (χ2n) is 3.82. The Labute approximate surface area is 83.0 Å². The molecule has 2 aliphatic rings. The molecule has 15 heavy (non-hydrogen) atoms. The Morgan fingerprint density at radius 1 is 1.40 bits per heavy atom. The smallest absolute Gasteiger partial charge is 0.455 e. The lowest BCUT2D eigenvalue weighted by Gasteiger charge is -2.46. The number of hydrogen-bond donors (Lipinski definition) is 0. The zero-order valence-electron chi connectivity index (χ0n) is 7.63. The van der Waals surface area contributed by atoms with Crippen molar-refractivity contribution in [2.45, 2.75) is 24.6 Å². The number of hydrogen-bond acceptors (Lipinski definition) is 3. The van der Waals surface area contributed by atoms with E-state index in [4.69, 9.17) is 4.74 Å². The quantitative estimate of drug-likeness (QED) is 0.561. The zero-order valence-corrected chi connectivity index (χ0v) is 7.63. The van der Waals surface area contributed by atoms with E-state index in [2.05, 4.69) is 0 Å². The lowest BCUT2D eigenvalue weighted by atomic mass is 9.91. The van der Waals surface area contributed by atoms with Crippen LogP contribution < -0.4 is 0 Å². The summed E-state index contributed by atoms with van der Waals surface area (Å²) in [5.74, 6) is -2.27. The summed E-state index contributed by atoms with van der Waals surface area (Å²) in [4.78, 5) is 22.2. The molecule has 84 valence electrons. The minimum atomic E-state index is -4.84. The fourth-order valence-corrected chi connectivity index (χ4v) is 1.87. The van der Waals surface area contributed by atoms with Gasteiger partial charge in [0.05, 0.1) is 13.1 Å². The van der Waals surface area contributed by atoms with Crippen molar-refractivity contribution in [1.82, 2.24) is 4.90 Å². The Bertz CT molecular complexity index is 320. The molecule has 2 rings (SSSR count). The van der Waals surface area contributed by atoms with Crippen molar-refractivity contribution >= 4 is 11.9 Å². The molecule has 0 saturated carbocycles. The van der Waals surface area contributed by atoms with Gasteiger partial charge < -0.3 is 9.64 Å². The number of nitrogens with zero attached hydrogens (tertiary/aromatic N) is 1. The van der Waals surface area contributed by atoms with E-state index in [-0.39, 0.29) is 19.5 Å². The largest absolute Gasteiger partial charge is 0.471 e. The number of likely N-dealkylation sites (tertiary alicyclic amines) is 1. The third-order valence-electron chi connectivity index (χ3n) is 2.60. The summed E-state index contributed by atoms with van der Waals surface area (Å²) in [6.45, 7) is -0.284. The maximum Gasteiger partial charge on any atom is 0.471 e. The van der Waals surface area contributed by atoms with Crippen LogP contribution in [0.25, 0.3) is 0 Å². The molecule has 2 aliphatic heterocycles. The number of carbonyl (C=O) groups is 2. The van der Waals surface area contributed by atoms with E-state index in [1.165, 1.54) is 0 Å². The summed E-state index contributed by atoms with van der Waals surface area (Å²) in [7, 11) is 0. The maximum absolute atomic E-state index is 12.0. The number of rotatable bonds is 0. The average Bonchev–Trinajstić information content (AvgIpc) is 2.42. The molecule has 2 saturated heterocycles. The van der Waals surface area contributed by atoms with E-state index >= 15 is 0 Å². The van der Waals surface area contributed by atoms with Gasteiger partial charge in [0, 0.05) is 12.8 Å². The number of alkyl halides is 3. The highest BCUT2D eigenvalue weighted by molar-refractivity contribution is 5.83. The third-order valence-corrected chi connectivity index (χ3v) is 2.60. The molecule has 0 radical (unpaired) electrons. The van der Waals surface area contributed by atoms with Gasteiger partial charge in [-0.1, -0.05) is 0 Å². The summed E-state index contributed by atoms with van der Waals surface area (Å²) < 4.78 is 40.8. The molecule has 4 nitrogen and oxygen atoms in total. The first kappa shape index (κ1) is 10.3. The molecule has 0 atom stereocenters. The van der Waals surface area contributed by atoms with Crippen LogP contribution in [0.2, 0.25) is 0 Å². The number of amides is 1. The molecule has 2 fully saturated rings.